The maximum Gasteiger partial charge on any atom is 0.119 e. The van der Waals surface area contributed by atoms with E-state index in [1.54, 1.807) is 14.2 Å². The summed E-state index contributed by atoms with van der Waals surface area (Å²) < 4.78 is 10.3. The SMILES string of the molecule is CCc1cc(OC)ccc1COC. The maximum absolute atomic E-state index is 5.15. The smallest absolute Gasteiger partial charge is 0.119 e. The van der Waals surface area contributed by atoms with Crippen LogP contribution in [0.2, 0.25) is 0 Å². The lowest BCUT2D eigenvalue weighted by molar-refractivity contribution is 0.184. The van der Waals surface area contributed by atoms with Crippen molar-refractivity contribution in [3.8, 4) is 5.75 Å². The van der Waals surface area contributed by atoms with Crippen LogP contribution in [0.25, 0.3) is 0 Å². The summed E-state index contributed by atoms with van der Waals surface area (Å²) >= 11 is 0. The lowest BCUT2D eigenvalue weighted by atomic mass is 10.1. The van der Waals surface area contributed by atoms with Crippen LogP contribution >= 0.6 is 0 Å². The van der Waals surface area contributed by atoms with Crippen LogP contribution in [0.4, 0.5) is 0 Å². The first-order valence-electron chi connectivity index (χ1n) is 4.46. The van der Waals surface area contributed by atoms with Crippen molar-refractivity contribution in [1.82, 2.24) is 0 Å². The second-order valence-electron chi connectivity index (χ2n) is 2.92. The Morgan fingerprint density at radius 1 is 1.15 bits per heavy atom. The molecule has 0 radical (unpaired) electrons. The van der Waals surface area contributed by atoms with Gasteiger partial charge in [0.2, 0.25) is 0 Å². The van der Waals surface area contributed by atoms with E-state index in [1.807, 2.05) is 6.07 Å². The molecule has 1 aromatic rings. The topological polar surface area (TPSA) is 18.5 Å². The van der Waals surface area contributed by atoms with Gasteiger partial charge in [0.05, 0.1) is 13.7 Å². The fourth-order valence-corrected chi connectivity index (χ4v) is 1.35. The zero-order valence-electron chi connectivity index (χ0n) is 8.46. The highest BCUT2D eigenvalue weighted by molar-refractivity contribution is 5.35. The molecule has 13 heavy (non-hydrogen) atoms. The fourth-order valence-electron chi connectivity index (χ4n) is 1.35. The predicted molar refractivity (Wildman–Crippen MR) is 53.1 cm³/mol. The Morgan fingerprint density at radius 2 is 1.92 bits per heavy atom. The minimum absolute atomic E-state index is 0.674. The molecule has 1 aromatic carbocycles. The van der Waals surface area contributed by atoms with Crippen molar-refractivity contribution in [2.75, 3.05) is 14.2 Å². The molecule has 0 bridgehead atoms. The van der Waals surface area contributed by atoms with Crippen LogP contribution in [0.15, 0.2) is 18.2 Å². The van der Waals surface area contributed by atoms with Gasteiger partial charge in [-0.25, -0.2) is 0 Å². The zero-order valence-corrected chi connectivity index (χ0v) is 8.46. The molecule has 0 aromatic heterocycles. The van der Waals surface area contributed by atoms with Gasteiger partial charge in [0.1, 0.15) is 5.75 Å². The van der Waals surface area contributed by atoms with E-state index < -0.39 is 0 Å². The maximum atomic E-state index is 5.15. The Morgan fingerprint density at radius 3 is 2.46 bits per heavy atom. The fraction of sp³-hybridized carbons (Fsp3) is 0.455. The van der Waals surface area contributed by atoms with Gasteiger partial charge in [-0.3, -0.25) is 0 Å². The van der Waals surface area contributed by atoms with Crippen molar-refractivity contribution in [2.24, 2.45) is 0 Å². The molecule has 0 N–H and O–H groups in total. The molecule has 2 heteroatoms. The largest absolute Gasteiger partial charge is 0.497 e. The number of methoxy groups -OCH3 is 2. The summed E-state index contributed by atoms with van der Waals surface area (Å²) in [5.74, 6) is 0.914. The third kappa shape index (κ3) is 2.46. The first-order chi connectivity index (χ1) is 6.31. The highest BCUT2D eigenvalue weighted by Crippen LogP contribution is 2.18. The minimum atomic E-state index is 0.674. The Bertz CT molecular complexity index is 269. The van der Waals surface area contributed by atoms with E-state index in [9.17, 15) is 0 Å². The summed E-state index contributed by atoms with van der Waals surface area (Å²) in [5.41, 5.74) is 2.53. The second kappa shape index (κ2) is 4.87. The molecule has 0 atom stereocenters. The molecule has 0 heterocycles. The van der Waals surface area contributed by atoms with Crippen LogP contribution in [0.1, 0.15) is 18.1 Å². The Kier molecular flexibility index (Phi) is 3.77. The van der Waals surface area contributed by atoms with Gasteiger partial charge < -0.3 is 9.47 Å². The molecule has 0 unspecified atom stereocenters. The lowest BCUT2D eigenvalue weighted by Crippen LogP contribution is -1.95. The van der Waals surface area contributed by atoms with E-state index in [0.29, 0.717) is 6.61 Å². The van der Waals surface area contributed by atoms with Crippen LogP contribution in [-0.4, -0.2) is 14.2 Å². The van der Waals surface area contributed by atoms with Gasteiger partial charge in [-0.2, -0.15) is 0 Å². The number of benzene rings is 1. The van der Waals surface area contributed by atoms with Gasteiger partial charge in [-0.1, -0.05) is 13.0 Å². The highest BCUT2D eigenvalue weighted by atomic mass is 16.5. The summed E-state index contributed by atoms with van der Waals surface area (Å²) in [7, 11) is 3.40. The highest BCUT2D eigenvalue weighted by Gasteiger charge is 2.01. The molecule has 0 fully saturated rings. The summed E-state index contributed by atoms with van der Waals surface area (Å²) in [5, 5.41) is 0. The van der Waals surface area contributed by atoms with Crippen LogP contribution in [0.3, 0.4) is 0 Å². The van der Waals surface area contributed by atoms with Crippen molar-refractivity contribution >= 4 is 0 Å². The number of aryl methyl sites for hydroxylation is 1. The first-order valence-corrected chi connectivity index (χ1v) is 4.46. The molecule has 0 saturated heterocycles. The van der Waals surface area contributed by atoms with Gasteiger partial charge in [0.15, 0.2) is 0 Å². The van der Waals surface area contributed by atoms with E-state index in [0.717, 1.165) is 12.2 Å². The Balaban J connectivity index is 2.93. The quantitative estimate of drug-likeness (QED) is 0.708. The van der Waals surface area contributed by atoms with Crippen molar-refractivity contribution in [3.05, 3.63) is 29.3 Å². The number of rotatable bonds is 4. The average molecular weight is 180 g/mol. The van der Waals surface area contributed by atoms with Gasteiger partial charge in [-0.15, -0.1) is 0 Å². The van der Waals surface area contributed by atoms with Crippen LogP contribution in [0, 0.1) is 0 Å². The van der Waals surface area contributed by atoms with Crippen molar-refractivity contribution in [1.29, 1.82) is 0 Å². The van der Waals surface area contributed by atoms with Gasteiger partial charge in [0.25, 0.3) is 0 Å². The van der Waals surface area contributed by atoms with E-state index in [1.165, 1.54) is 11.1 Å². The molecule has 0 aliphatic heterocycles. The first kappa shape index (κ1) is 10.1. The monoisotopic (exact) mass is 180 g/mol. The molecule has 0 aliphatic carbocycles. The lowest BCUT2D eigenvalue weighted by Gasteiger charge is -2.08. The van der Waals surface area contributed by atoms with E-state index in [-0.39, 0.29) is 0 Å². The minimum Gasteiger partial charge on any atom is -0.497 e. The van der Waals surface area contributed by atoms with Crippen molar-refractivity contribution in [3.63, 3.8) is 0 Å². The summed E-state index contributed by atoms with van der Waals surface area (Å²) in [4.78, 5) is 0. The molecular formula is C11H16O2. The number of hydrogen-bond donors (Lipinski definition) is 0. The Hall–Kier alpha value is -1.02. The van der Waals surface area contributed by atoms with Gasteiger partial charge in [-0.05, 0) is 29.7 Å². The third-order valence-corrected chi connectivity index (χ3v) is 2.09. The average Bonchev–Trinajstić information content (AvgIpc) is 2.19. The molecule has 0 saturated carbocycles. The van der Waals surface area contributed by atoms with Crippen LogP contribution < -0.4 is 4.74 Å². The summed E-state index contributed by atoms with van der Waals surface area (Å²) in [6.45, 7) is 2.81. The Labute approximate surface area is 79.5 Å². The molecule has 0 spiro atoms. The van der Waals surface area contributed by atoms with Crippen LogP contribution in [-0.2, 0) is 17.8 Å². The third-order valence-electron chi connectivity index (χ3n) is 2.09. The molecule has 0 aliphatic rings. The van der Waals surface area contributed by atoms with Crippen molar-refractivity contribution < 1.29 is 9.47 Å². The normalized spacial score (nSPS) is 10.1. The summed E-state index contributed by atoms with van der Waals surface area (Å²) in [6.07, 6.45) is 1.01. The number of hydrogen-bond acceptors (Lipinski definition) is 2. The second-order valence-corrected chi connectivity index (χ2v) is 2.92. The standard InChI is InChI=1S/C11H16O2/c1-4-9-7-11(13-3)6-5-10(9)8-12-2/h5-7H,4,8H2,1-3H3. The van der Waals surface area contributed by atoms with Crippen molar-refractivity contribution in [2.45, 2.75) is 20.0 Å². The molecule has 1 rings (SSSR count). The van der Waals surface area contributed by atoms with Crippen LogP contribution in [0.5, 0.6) is 5.75 Å². The molecule has 2 nitrogen and oxygen atoms in total. The zero-order chi connectivity index (χ0) is 9.68. The molecular weight excluding hydrogens is 164 g/mol. The van der Waals surface area contributed by atoms with Gasteiger partial charge >= 0.3 is 0 Å². The van der Waals surface area contributed by atoms with Gasteiger partial charge in [0, 0.05) is 7.11 Å². The number of ether oxygens (including phenoxy) is 2. The van der Waals surface area contributed by atoms with E-state index in [4.69, 9.17) is 9.47 Å². The van der Waals surface area contributed by atoms with E-state index >= 15 is 0 Å². The molecule has 72 valence electrons. The summed E-state index contributed by atoms with van der Waals surface area (Å²) in [6, 6.07) is 6.09. The van der Waals surface area contributed by atoms with E-state index in [2.05, 4.69) is 19.1 Å². The predicted octanol–water partition coefficient (Wildman–Crippen LogP) is 2.40. The molecule has 0 amide bonds.